The van der Waals surface area contributed by atoms with Crippen molar-refractivity contribution in [3.05, 3.63) is 23.8 Å². The van der Waals surface area contributed by atoms with Crippen LogP contribution in [0.2, 0.25) is 0 Å². The van der Waals surface area contributed by atoms with Gasteiger partial charge in [-0.1, -0.05) is 0 Å². The van der Waals surface area contributed by atoms with Crippen molar-refractivity contribution in [1.82, 2.24) is 0 Å². The Hall–Kier alpha value is -1.14. The van der Waals surface area contributed by atoms with Crippen molar-refractivity contribution in [3.63, 3.8) is 0 Å². The van der Waals surface area contributed by atoms with E-state index in [1.807, 2.05) is 27.7 Å². The second kappa shape index (κ2) is 3.93. The molecule has 1 N–H and O–H groups in total. The summed E-state index contributed by atoms with van der Waals surface area (Å²) >= 11 is 0. The molecule has 1 aliphatic heterocycles. The smallest absolute Gasteiger partial charge is 0.498 e. The van der Waals surface area contributed by atoms with E-state index >= 15 is 0 Å². The Balaban J connectivity index is 2.38. The molecule has 0 radical (unpaired) electrons. The van der Waals surface area contributed by atoms with Crippen LogP contribution < -0.4 is 5.46 Å². The summed E-state index contributed by atoms with van der Waals surface area (Å²) in [5.41, 5.74) is -1.11. The zero-order valence-corrected chi connectivity index (χ0v) is 10.8. The van der Waals surface area contributed by atoms with E-state index in [0.29, 0.717) is 0 Å². The Morgan fingerprint density at radius 2 is 1.44 bits per heavy atom. The number of hydrogen-bond donors (Lipinski definition) is 1. The Morgan fingerprint density at radius 1 is 1.00 bits per heavy atom. The average molecular weight is 256 g/mol. The van der Waals surface area contributed by atoms with Crippen molar-refractivity contribution >= 4 is 12.6 Å². The molecule has 0 spiro atoms. The molecule has 3 nitrogen and oxygen atoms in total. The van der Waals surface area contributed by atoms with Gasteiger partial charge in [0, 0.05) is 11.5 Å². The number of halogens is 2. The summed E-state index contributed by atoms with van der Waals surface area (Å²) < 4.78 is 37.4. The van der Waals surface area contributed by atoms with Crippen LogP contribution >= 0.6 is 0 Å². The molecule has 1 aromatic carbocycles. The molecular formula is C12H15BF2O3. The third kappa shape index (κ3) is 1.99. The first-order valence-corrected chi connectivity index (χ1v) is 5.67. The Labute approximate surface area is 105 Å². The van der Waals surface area contributed by atoms with Gasteiger partial charge in [-0.15, -0.1) is 0 Å². The Kier molecular flexibility index (Phi) is 2.90. The first kappa shape index (κ1) is 13.3. The lowest BCUT2D eigenvalue weighted by Crippen LogP contribution is -2.41. The standard InChI is InChI=1S/C12H15BF2O3/c1-11(2)12(3,4)18-13(17-11)7-5-8(14)9(15)6-10(7)16/h5-6,16H,1-4H3. The fraction of sp³-hybridized carbons (Fsp3) is 0.500. The van der Waals surface area contributed by atoms with Gasteiger partial charge in [-0.3, -0.25) is 0 Å². The van der Waals surface area contributed by atoms with Crippen LogP contribution in [0.25, 0.3) is 0 Å². The minimum atomic E-state index is -1.10. The van der Waals surface area contributed by atoms with Crippen LogP contribution in [-0.2, 0) is 9.31 Å². The van der Waals surface area contributed by atoms with Crippen molar-refractivity contribution < 1.29 is 23.2 Å². The van der Waals surface area contributed by atoms with Crippen LogP contribution in [0.3, 0.4) is 0 Å². The van der Waals surface area contributed by atoms with Crippen molar-refractivity contribution in [1.29, 1.82) is 0 Å². The lowest BCUT2D eigenvalue weighted by Gasteiger charge is -2.32. The van der Waals surface area contributed by atoms with E-state index in [1.165, 1.54) is 0 Å². The number of hydrogen-bond acceptors (Lipinski definition) is 3. The van der Waals surface area contributed by atoms with Crippen LogP contribution in [0.5, 0.6) is 5.75 Å². The van der Waals surface area contributed by atoms with Gasteiger partial charge in [0.2, 0.25) is 0 Å². The van der Waals surface area contributed by atoms with Crippen molar-refractivity contribution in [3.8, 4) is 5.75 Å². The zero-order chi connectivity index (χ0) is 13.7. The van der Waals surface area contributed by atoms with Crippen LogP contribution in [0.4, 0.5) is 8.78 Å². The molecule has 0 aliphatic carbocycles. The van der Waals surface area contributed by atoms with Crippen LogP contribution in [-0.4, -0.2) is 23.4 Å². The largest absolute Gasteiger partial charge is 0.508 e. The fourth-order valence-electron chi connectivity index (χ4n) is 1.71. The van der Waals surface area contributed by atoms with Gasteiger partial charge in [0.25, 0.3) is 0 Å². The number of phenolic OH excluding ortho intramolecular Hbond substituents is 1. The molecule has 0 saturated carbocycles. The molecule has 1 heterocycles. The third-order valence-electron chi connectivity index (χ3n) is 3.58. The van der Waals surface area contributed by atoms with Crippen LogP contribution in [0.15, 0.2) is 12.1 Å². The van der Waals surface area contributed by atoms with E-state index in [4.69, 9.17) is 9.31 Å². The van der Waals surface area contributed by atoms with Crippen molar-refractivity contribution in [2.75, 3.05) is 0 Å². The van der Waals surface area contributed by atoms with E-state index in [2.05, 4.69) is 0 Å². The third-order valence-corrected chi connectivity index (χ3v) is 3.58. The Morgan fingerprint density at radius 3 is 1.94 bits per heavy atom. The topological polar surface area (TPSA) is 38.7 Å². The zero-order valence-electron chi connectivity index (χ0n) is 10.8. The van der Waals surface area contributed by atoms with Gasteiger partial charge < -0.3 is 14.4 Å². The first-order valence-electron chi connectivity index (χ1n) is 5.67. The molecule has 0 aromatic heterocycles. The summed E-state index contributed by atoms with van der Waals surface area (Å²) in [5, 5.41) is 9.65. The van der Waals surface area contributed by atoms with Gasteiger partial charge >= 0.3 is 7.12 Å². The Bertz CT molecular complexity index is 472. The molecule has 2 rings (SSSR count). The van der Waals surface area contributed by atoms with Crippen LogP contribution in [0.1, 0.15) is 27.7 Å². The van der Waals surface area contributed by atoms with E-state index in [0.717, 1.165) is 12.1 Å². The monoisotopic (exact) mass is 256 g/mol. The van der Waals surface area contributed by atoms with Gasteiger partial charge in [-0.05, 0) is 33.8 Å². The normalized spacial score (nSPS) is 21.3. The minimum absolute atomic E-state index is 0.0903. The predicted octanol–water partition coefficient (Wildman–Crippen LogP) is 1.97. The summed E-state index contributed by atoms with van der Waals surface area (Å²) in [4.78, 5) is 0. The molecule has 98 valence electrons. The summed E-state index contributed by atoms with van der Waals surface area (Å²) in [6.45, 7) is 7.35. The second-order valence-electron chi connectivity index (χ2n) is 5.41. The molecule has 6 heteroatoms. The first-order chi connectivity index (χ1) is 8.14. The lowest BCUT2D eigenvalue weighted by molar-refractivity contribution is 0.00578. The van der Waals surface area contributed by atoms with Gasteiger partial charge in [-0.25, -0.2) is 8.78 Å². The van der Waals surface area contributed by atoms with E-state index in [-0.39, 0.29) is 11.2 Å². The summed E-state index contributed by atoms with van der Waals surface area (Å²) in [5.74, 6) is -2.53. The number of aromatic hydroxyl groups is 1. The van der Waals surface area contributed by atoms with Gasteiger partial charge in [-0.2, -0.15) is 0 Å². The molecule has 0 bridgehead atoms. The predicted molar refractivity (Wildman–Crippen MR) is 63.7 cm³/mol. The number of benzene rings is 1. The maximum Gasteiger partial charge on any atom is 0.498 e. The van der Waals surface area contributed by atoms with E-state index in [9.17, 15) is 13.9 Å². The number of phenols is 1. The molecule has 1 aromatic rings. The highest BCUT2D eigenvalue weighted by Gasteiger charge is 2.52. The maximum atomic E-state index is 13.2. The summed E-state index contributed by atoms with van der Waals surface area (Å²) in [6.07, 6.45) is 0. The SMILES string of the molecule is CC1(C)OB(c2cc(F)c(F)cc2O)OC1(C)C. The maximum absolute atomic E-state index is 13.2. The van der Waals surface area contributed by atoms with Crippen molar-refractivity contribution in [2.24, 2.45) is 0 Å². The molecule has 18 heavy (non-hydrogen) atoms. The molecule has 1 aliphatic rings. The average Bonchev–Trinajstić information content (AvgIpc) is 2.42. The molecule has 0 amide bonds. The fourth-order valence-corrected chi connectivity index (χ4v) is 1.71. The molecule has 1 fully saturated rings. The highest BCUT2D eigenvalue weighted by molar-refractivity contribution is 6.63. The van der Waals surface area contributed by atoms with E-state index in [1.54, 1.807) is 0 Å². The second-order valence-corrected chi connectivity index (χ2v) is 5.41. The molecule has 1 saturated heterocycles. The summed E-state index contributed by atoms with van der Waals surface area (Å²) in [7, 11) is -0.912. The quantitative estimate of drug-likeness (QED) is 0.780. The van der Waals surface area contributed by atoms with Gasteiger partial charge in [0.05, 0.1) is 11.2 Å². The van der Waals surface area contributed by atoms with Gasteiger partial charge in [0.15, 0.2) is 11.6 Å². The highest BCUT2D eigenvalue weighted by Crippen LogP contribution is 2.37. The number of rotatable bonds is 1. The van der Waals surface area contributed by atoms with E-state index < -0.39 is 30.0 Å². The van der Waals surface area contributed by atoms with Crippen LogP contribution in [0, 0.1) is 11.6 Å². The molecule has 0 atom stereocenters. The van der Waals surface area contributed by atoms with Gasteiger partial charge in [0.1, 0.15) is 5.75 Å². The molecule has 0 unspecified atom stereocenters. The van der Waals surface area contributed by atoms with Crippen molar-refractivity contribution in [2.45, 2.75) is 38.9 Å². The highest BCUT2D eigenvalue weighted by atomic mass is 19.2. The molecular weight excluding hydrogens is 241 g/mol. The lowest BCUT2D eigenvalue weighted by atomic mass is 9.78. The minimum Gasteiger partial charge on any atom is -0.508 e. The summed E-state index contributed by atoms with van der Waals surface area (Å²) in [6, 6.07) is 1.61.